The lowest BCUT2D eigenvalue weighted by Gasteiger charge is -2.13. The lowest BCUT2D eigenvalue weighted by atomic mass is 10.2. The fraction of sp³-hybridized carbons (Fsp3) is 0.312. The Morgan fingerprint density at radius 3 is 2.90 bits per heavy atom. The van der Waals surface area contributed by atoms with Gasteiger partial charge in [0.05, 0.1) is 12.0 Å². The summed E-state index contributed by atoms with van der Waals surface area (Å²) in [6.07, 6.45) is 2.36. The number of amides is 1. The standard InChI is InChI=1S/C16H18BrNO2S/c1-11-8-13(17)5-6-15(11)21-10-16(19)18-12(2)9-14-4-3-7-20-14/h3-8,12H,9-10H2,1-2H3,(H,18,19). The van der Waals surface area contributed by atoms with E-state index in [2.05, 4.69) is 27.3 Å². The van der Waals surface area contributed by atoms with Gasteiger partial charge < -0.3 is 9.73 Å². The van der Waals surface area contributed by atoms with Crippen LogP contribution in [-0.2, 0) is 11.2 Å². The lowest BCUT2D eigenvalue weighted by Crippen LogP contribution is -2.35. The zero-order chi connectivity index (χ0) is 15.2. The SMILES string of the molecule is Cc1cc(Br)ccc1SCC(=O)NC(C)Cc1ccco1. The number of benzene rings is 1. The van der Waals surface area contributed by atoms with Crippen molar-refractivity contribution < 1.29 is 9.21 Å². The van der Waals surface area contributed by atoms with E-state index in [-0.39, 0.29) is 11.9 Å². The van der Waals surface area contributed by atoms with Crippen LogP contribution in [0.5, 0.6) is 0 Å². The van der Waals surface area contributed by atoms with Crippen molar-refractivity contribution in [2.75, 3.05) is 5.75 Å². The Hall–Kier alpha value is -1.20. The topological polar surface area (TPSA) is 42.2 Å². The van der Waals surface area contributed by atoms with E-state index in [9.17, 15) is 4.79 Å². The van der Waals surface area contributed by atoms with E-state index in [1.54, 1.807) is 18.0 Å². The molecule has 1 unspecified atom stereocenters. The van der Waals surface area contributed by atoms with Gasteiger partial charge in [0.25, 0.3) is 0 Å². The molecule has 1 atom stereocenters. The number of nitrogens with one attached hydrogen (secondary N) is 1. The molecule has 2 rings (SSSR count). The average molecular weight is 368 g/mol. The van der Waals surface area contributed by atoms with Crippen molar-refractivity contribution in [3.05, 3.63) is 52.4 Å². The van der Waals surface area contributed by atoms with E-state index in [1.807, 2.05) is 38.1 Å². The van der Waals surface area contributed by atoms with Crippen molar-refractivity contribution in [3.63, 3.8) is 0 Å². The van der Waals surface area contributed by atoms with E-state index in [0.29, 0.717) is 12.2 Å². The molecule has 0 aliphatic carbocycles. The number of carbonyl (C=O) groups is 1. The second-order valence-corrected chi connectivity index (χ2v) is 6.88. The van der Waals surface area contributed by atoms with Crippen LogP contribution in [0.15, 0.2) is 50.4 Å². The molecule has 1 aromatic carbocycles. The van der Waals surface area contributed by atoms with E-state index in [0.717, 1.165) is 15.1 Å². The molecule has 0 radical (unpaired) electrons. The molecule has 1 heterocycles. The quantitative estimate of drug-likeness (QED) is 0.778. The van der Waals surface area contributed by atoms with Gasteiger partial charge in [-0.05, 0) is 49.7 Å². The maximum Gasteiger partial charge on any atom is 0.230 e. The van der Waals surface area contributed by atoms with Crippen LogP contribution in [0.3, 0.4) is 0 Å². The van der Waals surface area contributed by atoms with Crippen LogP contribution in [0.1, 0.15) is 18.2 Å². The van der Waals surface area contributed by atoms with Gasteiger partial charge in [0.2, 0.25) is 5.91 Å². The summed E-state index contributed by atoms with van der Waals surface area (Å²) in [4.78, 5) is 13.1. The van der Waals surface area contributed by atoms with Crippen LogP contribution < -0.4 is 5.32 Å². The molecule has 0 aliphatic rings. The summed E-state index contributed by atoms with van der Waals surface area (Å²) in [6, 6.07) is 9.92. The summed E-state index contributed by atoms with van der Waals surface area (Å²) in [7, 11) is 0. The van der Waals surface area contributed by atoms with Crippen LogP contribution in [-0.4, -0.2) is 17.7 Å². The van der Waals surface area contributed by atoms with Gasteiger partial charge in [-0.2, -0.15) is 0 Å². The molecular weight excluding hydrogens is 350 g/mol. The molecule has 1 aromatic heterocycles. The zero-order valence-electron chi connectivity index (χ0n) is 12.1. The van der Waals surface area contributed by atoms with Crippen molar-refractivity contribution in [1.29, 1.82) is 0 Å². The van der Waals surface area contributed by atoms with Gasteiger partial charge in [-0.3, -0.25) is 4.79 Å². The molecule has 5 heteroatoms. The van der Waals surface area contributed by atoms with Crippen LogP contribution >= 0.6 is 27.7 Å². The Bertz CT molecular complexity index is 598. The molecule has 2 aromatic rings. The highest BCUT2D eigenvalue weighted by Crippen LogP contribution is 2.25. The smallest absolute Gasteiger partial charge is 0.230 e. The third kappa shape index (κ3) is 5.25. The van der Waals surface area contributed by atoms with E-state index in [4.69, 9.17) is 4.42 Å². The van der Waals surface area contributed by atoms with Gasteiger partial charge in [-0.1, -0.05) is 15.9 Å². The number of carbonyl (C=O) groups excluding carboxylic acids is 1. The largest absolute Gasteiger partial charge is 0.469 e. The van der Waals surface area contributed by atoms with Gasteiger partial charge in [0.1, 0.15) is 5.76 Å². The van der Waals surface area contributed by atoms with Gasteiger partial charge in [0, 0.05) is 21.8 Å². The minimum absolute atomic E-state index is 0.0429. The molecule has 3 nitrogen and oxygen atoms in total. The molecule has 1 amide bonds. The fourth-order valence-electron chi connectivity index (χ4n) is 2.02. The molecule has 112 valence electrons. The van der Waals surface area contributed by atoms with Crippen molar-refractivity contribution in [1.82, 2.24) is 5.32 Å². The predicted octanol–water partition coefficient (Wildman–Crippen LogP) is 4.19. The van der Waals surface area contributed by atoms with E-state index < -0.39 is 0 Å². The first-order valence-corrected chi connectivity index (χ1v) is 8.53. The minimum atomic E-state index is 0.0429. The molecule has 0 aliphatic heterocycles. The highest BCUT2D eigenvalue weighted by Gasteiger charge is 2.10. The maximum atomic E-state index is 12.0. The minimum Gasteiger partial charge on any atom is -0.469 e. The first-order chi connectivity index (χ1) is 10.0. The fourth-order valence-corrected chi connectivity index (χ4v) is 3.31. The zero-order valence-corrected chi connectivity index (χ0v) is 14.5. The molecule has 21 heavy (non-hydrogen) atoms. The van der Waals surface area contributed by atoms with Crippen LogP contribution in [0, 0.1) is 6.92 Å². The van der Waals surface area contributed by atoms with Gasteiger partial charge in [-0.25, -0.2) is 0 Å². The summed E-state index contributed by atoms with van der Waals surface area (Å²) in [5.74, 6) is 1.35. The number of furan rings is 1. The molecule has 1 N–H and O–H groups in total. The number of hydrogen-bond donors (Lipinski definition) is 1. The first kappa shape index (κ1) is 16.2. The predicted molar refractivity (Wildman–Crippen MR) is 89.6 cm³/mol. The summed E-state index contributed by atoms with van der Waals surface area (Å²) >= 11 is 5.00. The van der Waals surface area contributed by atoms with Gasteiger partial charge in [0.15, 0.2) is 0 Å². The van der Waals surface area contributed by atoms with Crippen molar-refractivity contribution in [2.24, 2.45) is 0 Å². The number of halogens is 1. The lowest BCUT2D eigenvalue weighted by molar-refractivity contribution is -0.119. The Kier molecular flexibility index (Phi) is 5.94. The van der Waals surface area contributed by atoms with Gasteiger partial charge >= 0.3 is 0 Å². The summed E-state index contributed by atoms with van der Waals surface area (Å²) in [6.45, 7) is 4.03. The second-order valence-electron chi connectivity index (χ2n) is 4.95. The molecule has 0 bridgehead atoms. The molecule has 0 fully saturated rings. The van der Waals surface area contributed by atoms with Crippen molar-refractivity contribution >= 4 is 33.6 Å². The Labute approximate surface area is 137 Å². The Morgan fingerprint density at radius 2 is 2.24 bits per heavy atom. The first-order valence-electron chi connectivity index (χ1n) is 6.75. The third-order valence-corrected chi connectivity index (χ3v) is 4.66. The summed E-state index contributed by atoms with van der Waals surface area (Å²) in [5, 5.41) is 2.99. The van der Waals surface area contributed by atoms with Crippen LogP contribution in [0.25, 0.3) is 0 Å². The van der Waals surface area contributed by atoms with Crippen LogP contribution in [0.4, 0.5) is 0 Å². The van der Waals surface area contributed by atoms with E-state index >= 15 is 0 Å². The highest BCUT2D eigenvalue weighted by atomic mass is 79.9. The number of hydrogen-bond acceptors (Lipinski definition) is 3. The number of rotatable bonds is 6. The Morgan fingerprint density at radius 1 is 1.43 bits per heavy atom. The second kappa shape index (κ2) is 7.71. The molecular formula is C16H18BrNO2S. The highest BCUT2D eigenvalue weighted by molar-refractivity contribution is 9.10. The monoisotopic (exact) mass is 367 g/mol. The van der Waals surface area contributed by atoms with Crippen molar-refractivity contribution in [2.45, 2.75) is 31.2 Å². The average Bonchev–Trinajstić information content (AvgIpc) is 2.90. The molecule has 0 saturated carbocycles. The number of aryl methyl sites for hydroxylation is 1. The third-order valence-electron chi connectivity index (χ3n) is 2.99. The normalized spacial score (nSPS) is 12.1. The maximum absolute atomic E-state index is 12.0. The van der Waals surface area contributed by atoms with Crippen molar-refractivity contribution in [3.8, 4) is 0 Å². The van der Waals surface area contributed by atoms with Gasteiger partial charge in [-0.15, -0.1) is 11.8 Å². The van der Waals surface area contributed by atoms with Crippen LogP contribution in [0.2, 0.25) is 0 Å². The summed E-state index contributed by atoms with van der Waals surface area (Å²) < 4.78 is 6.34. The summed E-state index contributed by atoms with van der Waals surface area (Å²) in [5.41, 5.74) is 1.17. The van der Waals surface area contributed by atoms with E-state index in [1.165, 1.54) is 5.56 Å². The Balaban J connectivity index is 1.79. The number of thioether (sulfide) groups is 1. The molecule has 0 spiro atoms. The molecule has 0 saturated heterocycles.